The quantitative estimate of drug-likeness (QED) is 0.909. The number of nitrogens with one attached hydrogen (secondary N) is 1. The van der Waals surface area contributed by atoms with Crippen molar-refractivity contribution in [2.75, 3.05) is 5.32 Å². The summed E-state index contributed by atoms with van der Waals surface area (Å²) in [6.45, 7) is 3.65. The maximum absolute atomic E-state index is 12.1. The Bertz CT molecular complexity index is 561. The third-order valence-corrected chi connectivity index (χ3v) is 3.65. The molecule has 20 heavy (non-hydrogen) atoms. The van der Waals surface area contributed by atoms with Crippen LogP contribution in [-0.2, 0) is 4.79 Å². The number of halogens is 1. The predicted octanol–water partition coefficient (Wildman–Crippen LogP) is 2.54. The number of anilines is 1. The van der Waals surface area contributed by atoms with E-state index in [1.807, 2.05) is 37.3 Å². The molecule has 1 amide bonds. The smallest absolute Gasteiger partial charge is 0.230 e. The molecule has 0 saturated heterocycles. The number of amides is 1. The fourth-order valence-corrected chi connectivity index (χ4v) is 2.29. The second-order valence-electron chi connectivity index (χ2n) is 4.34. The van der Waals surface area contributed by atoms with Crippen LogP contribution in [0.5, 0.6) is 0 Å². The van der Waals surface area contributed by atoms with Crippen molar-refractivity contribution < 1.29 is 4.79 Å². The van der Waals surface area contributed by atoms with Gasteiger partial charge in [0.2, 0.25) is 11.0 Å². The number of aryl methyl sites for hydroxylation is 1. The van der Waals surface area contributed by atoms with E-state index >= 15 is 0 Å². The number of hydrogen-bond donors (Lipinski definition) is 2. The molecule has 0 aliphatic heterocycles. The highest BCUT2D eigenvalue weighted by atomic mass is 35.5. The zero-order valence-electron chi connectivity index (χ0n) is 11.2. The lowest BCUT2D eigenvalue weighted by molar-refractivity contribution is -0.120. The van der Waals surface area contributed by atoms with Gasteiger partial charge in [-0.1, -0.05) is 48.6 Å². The SMILES string of the molecule is Cc1nnc(NC(=O)C(C)C(N)c2ccccc2)s1.Cl. The minimum absolute atomic E-state index is 0. The van der Waals surface area contributed by atoms with Crippen molar-refractivity contribution in [2.45, 2.75) is 19.9 Å². The number of benzene rings is 1. The molecule has 1 aromatic carbocycles. The van der Waals surface area contributed by atoms with Crippen molar-refractivity contribution in [1.29, 1.82) is 0 Å². The molecule has 0 fully saturated rings. The molecule has 0 aliphatic rings. The Balaban J connectivity index is 0.00000200. The van der Waals surface area contributed by atoms with E-state index in [0.29, 0.717) is 5.13 Å². The van der Waals surface area contributed by atoms with Gasteiger partial charge < -0.3 is 11.1 Å². The number of nitrogens with two attached hydrogens (primary N) is 1. The van der Waals surface area contributed by atoms with Crippen molar-refractivity contribution in [3.8, 4) is 0 Å². The third kappa shape index (κ3) is 4.00. The maximum atomic E-state index is 12.1. The summed E-state index contributed by atoms with van der Waals surface area (Å²) in [6, 6.07) is 9.25. The first kappa shape index (κ1) is 16.6. The number of hydrogen-bond acceptors (Lipinski definition) is 5. The molecule has 3 N–H and O–H groups in total. The molecule has 0 bridgehead atoms. The zero-order chi connectivity index (χ0) is 13.8. The highest BCUT2D eigenvalue weighted by molar-refractivity contribution is 7.15. The standard InChI is InChI=1S/C13H16N4OS.ClH/c1-8(11(14)10-6-4-3-5-7-10)12(18)15-13-17-16-9(2)19-13;/h3-8,11H,14H2,1-2H3,(H,15,17,18);1H. The van der Waals surface area contributed by atoms with Crippen LogP contribution < -0.4 is 11.1 Å². The molecule has 2 rings (SSSR count). The number of nitrogens with zero attached hydrogens (tertiary/aromatic N) is 2. The van der Waals surface area contributed by atoms with E-state index in [0.717, 1.165) is 10.6 Å². The number of carbonyl (C=O) groups excluding carboxylic acids is 1. The molecule has 1 aromatic heterocycles. The van der Waals surface area contributed by atoms with Gasteiger partial charge in [-0.25, -0.2) is 0 Å². The van der Waals surface area contributed by atoms with Crippen LogP contribution in [-0.4, -0.2) is 16.1 Å². The summed E-state index contributed by atoms with van der Waals surface area (Å²) in [4.78, 5) is 12.1. The van der Waals surface area contributed by atoms with Crippen molar-refractivity contribution in [3.63, 3.8) is 0 Å². The first-order valence-electron chi connectivity index (χ1n) is 5.99. The van der Waals surface area contributed by atoms with Crippen molar-refractivity contribution in [1.82, 2.24) is 10.2 Å². The van der Waals surface area contributed by atoms with Crippen LogP contribution >= 0.6 is 23.7 Å². The number of aromatic nitrogens is 2. The van der Waals surface area contributed by atoms with E-state index < -0.39 is 0 Å². The summed E-state index contributed by atoms with van der Waals surface area (Å²) in [7, 11) is 0. The second-order valence-corrected chi connectivity index (χ2v) is 5.52. The maximum Gasteiger partial charge on any atom is 0.230 e. The Hall–Kier alpha value is -1.50. The summed E-state index contributed by atoms with van der Waals surface area (Å²) in [5, 5.41) is 11.8. The third-order valence-electron chi connectivity index (χ3n) is 2.89. The van der Waals surface area contributed by atoms with Crippen LogP contribution in [0, 0.1) is 12.8 Å². The molecule has 5 nitrogen and oxygen atoms in total. The molecule has 2 aromatic rings. The summed E-state index contributed by atoms with van der Waals surface area (Å²) in [5.74, 6) is -0.487. The topological polar surface area (TPSA) is 80.9 Å². The number of carbonyl (C=O) groups is 1. The van der Waals surface area contributed by atoms with E-state index in [-0.39, 0.29) is 30.3 Å². The summed E-state index contributed by atoms with van der Waals surface area (Å²) in [5.41, 5.74) is 7.05. The van der Waals surface area contributed by atoms with Gasteiger partial charge in [0.15, 0.2) is 0 Å². The van der Waals surface area contributed by atoms with Crippen LogP contribution in [0.1, 0.15) is 23.5 Å². The van der Waals surface area contributed by atoms with E-state index in [2.05, 4.69) is 15.5 Å². The average Bonchev–Trinajstić information content (AvgIpc) is 2.83. The molecule has 108 valence electrons. The van der Waals surface area contributed by atoms with Gasteiger partial charge in [-0.05, 0) is 12.5 Å². The summed E-state index contributed by atoms with van der Waals surface area (Å²) in [6.07, 6.45) is 0. The first-order chi connectivity index (χ1) is 9.08. The van der Waals surface area contributed by atoms with Gasteiger partial charge in [-0.2, -0.15) is 0 Å². The normalized spacial score (nSPS) is 13.2. The molecule has 2 atom stereocenters. The molecular formula is C13H17ClN4OS. The van der Waals surface area contributed by atoms with Crippen LogP contribution in [0.3, 0.4) is 0 Å². The lowest BCUT2D eigenvalue weighted by Gasteiger charge is -2.18. The Morgan fingerprint density at radius 2 is 1.95 bits per heavy atom. The second kappa shape index (κ2) is 7.33. The van der Waals surface area contributed by atoms with Gasteiger partial charge in [-0.15, -0.1) is 22.6 Å². The molecule has 0 spiro atoms. The van der Waals surface area contributed by atoms with Gasteiger partial charge >= 0.3 is 0 Å². The largest absolute Gasteiger partial charge is 0.323 e. The highest BCUT2D eigenvalue weighted by Gasteiger charge is 2.22. The van der Waals surface area contributed by atoms with E-state index in [9.17, 15) is 4.79 Å². The van der Waals surface area contributed by atoms with Crippen LogP contribution in [0.15, 0.2) is 30.3 Å². The van der Waals surface area contributed by atoms with E-state index in [1.54, 1.807) is 6.92 Å². The van der Waals surface area contributed by atoms with Crippen molar-refractivity contribution in [3.05, 3.63) is 40.9 Å². The molecule has 0 saturated carbocycles. The van der Waals surface area contributed by atoms with Gasteiger partial charge in [0.05, 0.1) is 5.92 Å². The fraction of sp³-hybridized carbons (Fsp3) is 0.308. The minimum Gasteiger partial charge on any atom is -0.323 e. The molecule has 0 aliphatic carbocycles. The van der Waals surface area contributed by atoms with Crippen molar-refractivity contribution in [2.24, 2.45) is 11.7 Å². The fourth-order valence-electron chi connectivity index (χ4n) is 1.69. The molecule has 1 heterocycles. The predicted molar refractivity (Wildman–Crippen MR) is 83.1 cm³/mol. The van der Waals surface area contributed by atoms with Gasteiger partial charge in [0, 0.05) is 6.04 Å². The molecular weight excluding hydrogens is 296 g/mol. The van der Waals surface area contributed by atoms with Gasteiger partial charge in [0.25, 0.3) is 0 Å². The summed E-state index contributed by atoms with van der Waals surface area (Å²) < 4.78 is 0. The lowest BCUT2D eigenvalue weighted by atomic mass is 9.95. The first-order valence-corrected chi connectivity index (χ1v) is 6.81. The minimum atomic E-state index is -0.341. The average molecular weight is 313 g/mol. The van der Waals surface area contributed by atoms with E-state index in [4.69, 9.17) is 5.73 Å². The van der Waals surface area contributed by atoms with Gasteiger partial charge in [0.1, 0.15) is 5.01 Å². The Morgan fingerprint density at radius 3 is 2.50 bits per heavy atom. The molecule has 2 unspecified atom stereocenters. The van der Waals surface area contributed by atoms with Crippen LogP contribution in [0.4, 0.5) is 5.13 Å². The Morgan fingerprint density at radius 1 is 1.30 bits per heavy atom. The van der Waals surface area contributed by atoms with Gasteiger partial charge in [-0.3, -0.25) is 4.79 Å². The highest BCUT2D eigenvalue weighted by Crippen LogP contribution is 2.21. The Kier molecular flexibility index (Phi) is 6.06. The lowest BCUT2D eigenvalue weighted by Crippen LogP contribution is -2.30. The van der Waals surface area contributed by atoms with Crippen molar-refractivity contribution >= 4 is 34.8 Å². The molecule has 7 heteroatoms. The number of rotatable bonds is 4. The van der Waals surface area contributed by atoms with Crippen LogP contribution in [0.25, 0.3) is 0 Å². The van der Waals surface area contributed by atoms with Crippen LogP contribution in [0.2, 0.25) is 0 Å². The zero-order valence-corrected chi connectivity index (χ0v) is 12.9. The summed E-state index contributed by atoms with van der Waals surface area (Å²) >= 11 is 1.35. The van der Waals surface area contributed by atoms with E-state index in [1.165, 1.54) is 11.3 Å². The molecule has 0 radical (unpaired) electrons. The monoisotopic (exact) mass is 312 g/mol. The Labute approximate surface area is 128 Å².